The van der Waals surface area contributed by atoms with Gasteiger partial charge in [-0.2, -0.15) is 0 Å². The molecule has 3 rings (SSSR count). The Hall–Kier alpha value is -3.26. The molecule has 0 unspecified atom stereocenters. The first-order valence-corrected chi connectivity index (χ1v) is 8.49. The highest BCUT2D eigenvalue weighted by molar-refractivity contribution is 8.18. The molecule has 0 saturated carbocycles. The zero-order chi connectivity index (χ0) is 19.6. The fraction of sp³-hybridized carbons (Fsp3) is 0.0526. The highest BCUT2D eigenvalue weighted by Gasteiger charge is 2.33. The Labute approximate surface area is 157 Å². The smallest absolute Gasteiger partial charge is 0.344 e. The number of aromatic hydroxyl groups is 2. The Morgan fingerprint density at radius 2 is 1.85 bits per heavy atom. The van der Waals surface area contributed by atoms with Gasteiger partial charge >= 0.3 is 5.97 Å². The molecule has 0 amide bonds. The van der Waals surface area contributed by atoms with Gasteiger partial charge in [0.25, 0.3) is 0 Å². The van der Waals surface area contributed by atoms with Crippen molar-refractivity contribution in [3.05, 3.63) is 70.1 Å². The number of aliphatic hydroxyl groups is 1. The third-order valence-corrected chi connectivity index (χ3v) is 4.66. The van der Waals surface area contributed by atoms with Crippen LogP contribution in [0, 0.1) is 5.82 Å². The van der Waals surface area contributed by atoms with Crippen LogP contribution in [0.15, 0.2) is 63.7 Å². The van der Waals surface area contributed by atoms with Gasteiger partial charge in [-0.1, -0.05) is 11.8 Å². The summed E-state index contributed by atoms with van der Waals surface area (Å²) in [5.74, 6) is -1.76. The molecule has 27 heavy (non-hydrogen) atoms. The maximum Gasteiger partial charge on any atom is 0.344 e. The number of rotatable bonds is 3. The first-order chi connectivity index (χ1) is 12.9. The minimum atomic E-state index is -0.788. The number of hydrogen-bond acceptors (Lipinski definition) is 7. The molecule has 0 fully saturated rings. The lowest BCUT2D eigenvalue weighted by atomic mass is 10.1. The summed E-state index contributed by atoms with van der Waals surface area (Å²) >= 11 is 0.979. The van der Waals surface area contributed by atoms with Crippen LogP contribution in [0.25, 0.3) is 6.08 Å². The summed E-state index contributed by atoms with van der Waals surface area (Å²) < 4.78 is 17.8. The second kappa shape index (κ2) is 7.55. The highest BCUT2D eigenvalue weighted by Crippen LogP contribution is 2.41. The Kier molecular flexibility index (Phi) is 5.18. The molecule has 8 heteroatoms. The van der Waals surface area contributed by atoms with E-state index in [1.807, 2.05) is 0 Å². The molecule has 2 aromatic rings. The number of nitrogens with zero attached hydrogens (tertiary/aromatic N) is 1. The number of aliphatic hydroxyl groups excluding tert-OH is 1. The van der Waals surface area contributed by atoms with Gasteiger partial charge < -0.3 is 20.1 Å². The number of hydrogen-bond donors (Lipinski definition) is 3. The number of phenols is 2. The fourth-order valence-electron chi connectivity index (χ4n) is 2.32. The lowest BCUT2D eigenvalue weighted by molar-refractivity contribution is -0.135. The van der Waals surface area contributed by atoms with Crippen molar-refractivity contribution in [2.24, 2.45) is 4.99 Å². The van der Waals surface area contributed by atoms with Gasteiger partial charge in [-0.3, -0.25) is 0 Å². The normalized spacial score (nSPS) is 17.0. The summed E-state index contributed by atoms with van der Waals surface area (Å²) in [4.78, 5) is 16.6. The summed E-state index contributed by atoms with van der Waals surface area (Å²) in [7, 11) is 1.17. The number of thioether (sulfide) groups is 1. The Morgan fingerprint density at radius 1 is 1.15 bits per heavy atom. The van der Waals surface area contributed by atoms with E-state index in [4.69, 9.17) is 4.74 Å². The maximum absolute atomic E-state index is 13.1. The first-order valence-electron chi connectivity index (χ1n) is 7.67. The zero-order valence-electron chi connectivity index (χ0n) is 14.0. The molecule has 0 aliphatic carbocycles. The van der Waals surface area contributed by atoms with E-state index >= 15 is 0 Å². The lowest BCUT2D eigenvalue weighted by Gasteiger charge is -2.02. The van der Waals surface area contributed by atoms with Crippen LogP contribution >= 0.6 is 11.8 Å². The molecule has 0 spiro atoms. The van der Waals surface area contributed by atoms with E-state index in [1.54, 1.807) is 0 Å². The van der Waals surface area contributed by atoms with E-state index in [-0.39, 0.29) is 38.3 Å². The lowest BCUT2D eigenvalue weighted by Crippen LogP contribution is -2.10. The monoisotopic (exact) mass is 387 g/mol. The average molecular weight is 387 g/mol. The van der Waals surface area contributed by atoms with Gasteiger partial charge in [-0.05, 0) is 48.5 Å². The standard InChI is InChI=1S/C19H14FNO5S/c1-26-19(25)16-17(24)15(9-10-8-13(22)6-7-14(10)23)27-18(16)21-12-4-2-11(20)3-5-12/h2-9,22-24H,1H3/b15-9+,21-18?. The number of carbonyl (C=O) groups is 1. The van der Waals surface area contributed by atoms with E-state index in [0.29, 0.717) is 5.69 Å². The van der Waals surface area contributed by atoms with Crippen LogP contribution in [0.2, 0.25) is 0 Å². The van der Waals surface area contributed by atoms with Gasteiger partial charge in [0.05, 0.1) is 17.7 Å². The zero-order valence-corrected chi connectivity index (χ0v) is 14.8. The van der Waals surface area contributed by atoms with Crippen molar-refractivity contribution in [3.63, 3.8) is 0 Å². The average Bonchev–Trinajstić information content (AvgIpc) is 2.94. The van der Waals surface area contributed by atoms with Crippen molar-refractivity contribution in [3.8, 4) is 11.5 Å². The van der Waals surface area contributed by atoms with Crippen LogP contribution in [0.4, 0.5) is 10.1 Å². The third-order valence-electron chi connectivity index (χ3n) is 3.64. The fourth-order valence-corrected chi connectivity index (χ4v) is 3.35. The Balaban J connectivity index is 2.07. The number of methoxy groups -OCH3 is 1. The quantitative estimate of drug-likeness (QED) is 0.543. The molecule has 3 N–H and O–H groups in total. The SMILES string of the molecule is COC(=O)C1=C(O)/C(=C\c2cc(O)ccc2O)SC1=Nc1ccc(F)cc1. The summed E-state index contributed by atoms with van der Waals surface area (Å²) in [5, 5.41) is 30.1. The number of ether oxygens (including phenoxy) is 1. The number of aliphatic imine (C=N–C) groups is 1. The van der Waals surface area contributed by atoms with Gasteiger partial charge in [-0.25, -0.2) is 14.2 Å². The van der Waals surface area contributed by atoms with Gasteiger partial charge in [-0.15, -0.1) is 0 Å². The van der Waals surface area contributed by atoms with Crippen LogP contribution in [-0.4, -0.2) is 33.4 Å². The second-order valence-corrected chi connectivity index (χ2v) is 6.49. The summed E-state index contributed by atoms with van der Waals surface area (Å²) in [5.41, 5.74) is 0.489. The van der Waals surface area contributed by atoms with Crippen molar-refractivity contribution in [2.75, 3.05) is 7.11 Å². The molecular formula is C19H14FNO5S. The van der Waals surface area contributed by atoms with Crippen molar-refractivity contribution >= 4 is 34.5 Å². The minimum Gasteiger partial charge on any atom is -0.508 e. The summed E-state index contributed by atoms with van der Waals surface area (Å²) in [6.45, 7) is 0. The largest absolute Gasteiger partial charge is 0.508 e. The topological polar surface area (TPSA) is 99.4 Å². The van der Waals surface area contributed by atoms with Crippen LogP contribution in [-0.2, 0) is 9.53 Å². The molecule has 0 atom stereocenters. The molecular weight excluding hydrogens is 373 g/mol. The van der Waals surface area contributed by atoms with Crippen LogP contribution in [0.5, 0.6) is 11.5 Å². The number of phenolic OH excluding ortho intramolecular Hbond substituents is 2. The summed E-state index contributed by atoms with van der Waals surface area (Å²) in [6, 6.07) is 9.23. The molecule has 0 bridgehead atoms. The molecule has 0 radical (unpaired) electrons. The van der Waals surface area contributed by atoms with Crippen LogP contribution in [0.3, 0.4) is 0 Å². The van der Waals surface area contributed by atoms with Gasteiger partial charge in [0, 0.05) is 5.56 Å². The Morgan fingerprint density at radius 3 is 2.52 bits per heavy atom. The number of halogens is 1. The maximum atomic E-state index is 13.1. The first kappa shape index (κ1) is 18.5. The number of carbonyl (C=O) groups excluding carboxylic acids is 1. The predicted octanol–water partition coefficient (Wildman–Crippen LogP) is 4.04. The number of benzene rings is 2. The molecule has 0 aromatic heterocycles. The molecule has 1 aliphatic heterocycles. The molecule has 0 saturated heterocycles. The Bertz CT molecular complexity index is 996. The van der Waals surface area contributed by atoms with Gasteiger partial charge in [0.2, 0.25) is 0 Å². The van der Waals surface area contributed by atoms with Crippen LogP contribution < -0.4 is 0 Å². The highest BCUT2D eigenvalue weighted by atomic mass is 32.2. The number of esters is 1. The molecule has 1 aliphatic rings. The van der Waals surface area contributed by atoms with E-state index in [2.05, 4.69) is 4.99 Å². The molecule has 138 valence electrons. The van der Waals surface area contributed by atoms with E-state index in [9.17, 15) is 24.5 Å². The van der Waals surface area contributed by atoms with Crippen molar-refractivity contribution in [1.29, 1.82) is 0 Å². The van der Waals surface area contributed by atoms with Crippen molar-refractivity contribution < 1.29 is 29.2 Å². The minimum absolute atomic E-state index is 0.0699. The second-order valence-electron chi connectivity index (χ2n) is 5.46. The third kappa shape index (κ3) is 3.95. The van der Waals surface area contributed by atoms with Crippen LogP contribution in [0.1, 0.15) is 5.56 Å². The molecule has 1 heterocycles. The van der Waals surface area contributed by atoms with Crippen molar-refractivity contribution in [2.45, 2.75) is 0 Å². The summed E-state index contributed by atoms with van der Waals surface area (Å²) in [6.07, 6.45) is 1.41. The van der Waals surface area contributed by atoms with E-state index in [0.717, 1.165) is 11.8 Å². The van der Waals surface area contributed by atoms with Gasteiger partial charge in [0.15, 0.2) is 0 Å². The molecule has 6 nitrogen and oxygen atoms in total. The van der Waals surface area contributed by atoms with E-state index < -0.39 is 11.8 Å². The predicted molar refractivity (Wildman–Crippen MR) is 101 cm³/mol. The van der Waals surface area contributed by atoms with E-state index in [1.165, 1.54) is 55.7 Å². The van der Waals surface area contributed by atoms with Crippen molar-refractivity contribution in [1.82, 2.24) is 0 Å². The molecule has 2 aromatic carbocycles. The van der Waals surface area contributed by atoms with Gasteiger partial charge in [0.1, 0.15) is 33.7 Å².